The molecule has 1 saturated heterocycles. The zero-order valence-corrected chi connectivity index (χ0v) is 20.8. The number of methoxy groups -OCH3 is 1. The van der Waals surface area contributed by atoms with Gasteiger partial charge in [-0.05, 0) is 43.7 Å². The second kappa shape index (κ2) is 11.0. The van der Waals surface area contributed by atoms with Gasteiger partial charge in [-0.2, -0.15) is 13.2 Å². The van der Waals surface area contributed by atoms with Crippen LogP contribution < -0.4 is 14.4 Å². The number of ether oxygens (including phenoxy) is 2. The van der Waals surface area contributed by atoms with Gasteiger partial charge in [0.1, 0.15) is 0 Å². The Balaban J connectivity index is 1.53. The molecule has 11 heteroatoms. The van der Waals surface area contributed by atoms with E-state index in [0.717, 1.165) is 17.3 Å². The van der Waals surface area contributed by atoms with Crippen LogP contribution in [0.4, 0.5) is 18.9 Å². The quantitative estimate of drug-likeness (QED) is 0.451. The van der Waals surface area contributed by atoms with Crippen molar-refractivity contribution in [1.82, 2.24) is 19.9 Å². The fourth-order valence-electron chi connectivity index (χ4n) is 4.40. The van der Waals surface area contributed by atoms with E-state index in [0.29, 0.717) is 31.1 Å². The van der Waals surface area contributed by atoms with E-state index in [9.17, 15) is 18.0 Å². The number of nitrogens with zero attached hydrogens (tertiary/aromatic N) is 5. The molecule has 8 nitrogen and oxygen atoms in total. The third-order valence-electron chi connectivity index (χ3n) is 6.23. The number of piperazine rings is 1. The molecule has 0 N–H and O–H groups in total. The van der Waals surface area contributed by atoms with Gasteiger partial charge >= 0.3 is 6.18 Å². The van der Waals surface area contributed by atoms with Crippen molar-refractivity contribution in [2.24, 2.45) is 0 Å². The van der Waals surface area contributed by atoms with Gasteiger partial charge in [-0.15, -0.1) is 0 Å². The van der Waals surface area contributed by atoms with Gasteiger partial charge < -0.3 is 19.3 Å². The van der Waals surface area contributed by atoms with Gasteiger partial charge in [-0.1, -0.05) is 6.92 Å². The Morgan fingerprint density at radius 1 is 1.11 bits per heavy atom. The zero-order valence-electron chi connectivity index (χ0n) is 20.8. The summed E-state index contributed by atoms with van der Waals surface area (Å²) in [6, 6.07) is 9.84. The summed E-state index contributed by atoms with van der Waals surface area (Å²) in [4.78, 5) is 29.1. The van der Waals surface area contributed by atoms with Crippen LogP contribution in [0.3, 0.4) is 0 Å². The summed E-state index contributed by atoms with van der Waals surface area (Å²) in [5.41, 5.74) is 0.644. The van der Waals surface area contributed by atoms with Crippen molar-refractivity contribution >= 4 is 11.6 Å². The summed E-state index contributed by atoms with van der Waals surface area (Å²) in [6.07, 6.45) is -0.673. The highest BCUT2D eigenvalue weighted by molar-refractivity contribution is 5.95. The summed E-state index contributed by atoms with van der Waals surface area (Å²) in [5, 5.41) is 0. The fourth-order valence-corrected chi connectivity index (χ4v) is 4.40. The average molecular weight is 516 g/mol. The summed E-state index contributed by atoms with van der Waals surface area (Å²) in [6.45, 7) is 5.34. The van der Waals surface area contributed by atoms with Gasteiger partial charge in [0.05, 0.1) is 42.4 Å². The third kappa shape index (κ3) is 5.60. The van der Waals surface area contributed by atoms with Gasteiger partial charge in [0.2, 0.25) is 11.8 Å². The van der Waals surface area contributed by atoms with E-state index in [2.05, 4.69) is 19.9 Å². The van der Waals surface area contributed by atoms with Crippen LogP contribution in [0.15, 0.2) is 48.8 Å². The maximum Gasteiger partial charge on any atom is 0.434 e. The Labute approximate surface area is 213 Å². The van der Waals surface area contributed by atoms with Crippen molar-refractivity contribution < 1.29 is 27.4 Å². The predicted octanol–water partition coefficient (Wildman–Crippen LogP) is 4.71. The lowest BCUT2D eigenvalue weighted by Crippen LogP contribution is -2.55. The van der Waals surface area contributed by atoms with Crippen LogP contribution in [0.5, 0.6) is 11.8 Å². The van der Waals surface area contributed by atoms with E-state index in [1.54, 1.807) is 12.4 Å². The number of rotatable bonds is 7. The second-order valence-corrected chi connectivity index (χ2v) is 8.44. The molecular weight excluding hydrogens is 487 g/mol. The zero-order chi connectivity index (χ0) is 26.6. The van der Waals surface area contributed by atoms with Crippen molar-refractivity contribution in [2.45, 2.75) is 32.5 Å². The van der Waals surface area contributed by atoms with E-state index in [1.807, 2.05) is 38.1 Å². The molecule has 3 aromatic rings. The number of anilines is 1. The number of alkyl halides is 3. The molecule has 0 saturated carbocycles. The highest BCUT2D eigenvalue weighted by Crippen LogP contribution is 2.33. The number of amides is 1. The Kier molecular flexibility index (Phi) is 7.80. The summed E-state index contributed by atoms with van der Waals surface area (Å²) < 4.78 is 51.3. The molecule has 1 aliphatic heterocycles. The first kappa shape index (κ1) is 26.2. The van der Waals surface area contributed by atoms with Gasteiger partial charge in [-0.25, -0.2) is 9.97 Å². The third-order valence-corrected chi connectivity index (χ3v) is 6.23. The standard InChI is InChI=1S/C26H28F3N5O3/c1-4-17-16-33(25(35)20-9-11-22(36-3)32-23(20)26(27,28)29)13-14-34(17)18-8-10-21(31-15-18)19-7-6-12-30-24(19)37-5-2/h6-12,15,17H,4-5,13-14,16H2,1-3H3/t17-/m1/s1. The van der Waals surface area contributed by atoms with E-state index in [1.165, 1.54) is 18.1 Å². The number of halogens is 3. The van der Waals surface area contributed by atoms with Crippen LogP contribution in [0, 0.1) is 0 Å². The van der Waals surface area contributed by atoms with Crippen LogP contribution in [-0.2, 0) is 6.18 Å². The highest BCUT2D eigenvalue weighted by Gasteiger charge is 2.40. The van der Waals surface area contributed by atoms with Crippen molar-refractivity contribution in [3.05, 3.63) is 60.0 Å². The van der Waals surface area contributed by atoms with Crippen molar-refractivity contribution in [3.8, 4) is 23.0 Å². The van der Waals surface area contributed by atoms with Gasteiger partial charge in [0.25, 0.3) is 5.91 Å². The summed E-state index contributed by atoms with van der Waals surface area (Å²) in [7, 11) is 1.23. The minimum absolute atomic E-state index is 0.0942. The largest absolute Gasteiger partial charge is 0.481 e. The van der Waals surface area contributed by atoms with E-state index in [4.69, 9.17) is 9.47 Å². The van der Waals surface area contributed by atoms with Crippen LogP contribution in [0.1, 0.15) is 36.3 Å². The van der Waals surface area contributed by atoms with Gasteiger partial charge in [0.15, 0.2) is 5.69 Å². The second-order valence-electron chi connectivity index (χ2n) is 8.44. The lowest BCUT2D eigenvalue weighted by Gasteiger charge is -2.42. The molecule has 1 amide bonds. The molecule has 0 bridgehead atoms. The van der Waals surface area contributed by atoms with Crippen LogP contribution >= 0.6 is 0 Å². The molecule has 0 spiro atoms. The Hall–Kier alpha value is -3.89. The van der Waals surface area contributed by atoms with E-state index >= 15 is 0 Å². The molecule has 37 heavy (non-hydrogen) atoms. The summed E-state index contributed by atoms with van der Waals surface area (Å²) >= 11 is 0. The molecule has 1 aliphatic rings. The van der Waals surface area contributed by atoms with Crippen LogP contribution in [0.2, 0.25) is 0 Å². The number of aromatic nitrogens is 3. The normalized spacial score (nSPS) is 16.0. The van der Waals surface area contributed by atoms with Gasteiger partial charge in [0, 0.05) is 37.9 Å². The lowest BCUT2D eigenvalue weighted by molar-refractivity contribution is -0.141. The van der Waals surface area contributed by atoms with Crippen molar-refractivity contribution in [1.29, 1.82) is 0 Å². The molecule has 0 aromatic carbocycles. The molecule has 0 aliphatic carbocycles. The average Bonchev–Trinajstić information content (AvgIpc) is 2.92. The predicted molar refractivity (Wildman–Crippen MR) is 132 cm³/mol. The maximum absolute atomic E-state index is 13.6. The number of hydrogen-bond donors (Lipinski definition) is 0. The fraction of sp³-hybridized carbons (Fsp3) is 0.385. The minimum Gasteiger partial charge on any atom is -0.481 e. The first-order valence-corrected chi connectivity index (χ1v) is 12.0. The molecule has 4 rings (SSSR count). The van der Waals surface area contributed by atoms with Crippen molar-refractivity contribution in [3.63, 3.8) is 0 Å². The molecular formula is C26H28F3N5O3. The molecule has 4 heterocycles. The molecule has 0 unspecified atom stereocenters. The Morgan fingerprint density at radius 3 is 2.57 bits per heavy atom. The highest BCUT2D eigenvalue weighted by atomic mass is 19.4. The SMILES string of the molecule is CCOc1ncccc1-c1ccc(N2CCN(C(=O)c3ccc(OC)nc3C(F)(F)F)C[C@H]2CC)cn1. The molecule has 1 fully saturated rings. The Morgan fingerprint density at radius 2 is 1.92 bits per heavy atom. The van der Waals surface area contributed by atoms with Crippen LogP contribution in [0.25, 0.3) is 11.3 Å². The van der Waals surface area contributed by atoms with E-state index in [-0.39, 0.29) is 25.0 Å². The molecule has 1 atom stereocenters. The summed E-state index contributed by atoms with van der Waals surface area (Å²) in [5.74, 6) is -0.389. The number of pyridine rings is 3. The molecule has 3 aromatic heterocycles. The smallest absolute Gasteiger partial charge is 0.434 e. The maximum atomic E-state index is 13.6. The van der Waals surface area contributed by atoms with Crippen molar-refractivity contribution in [2.75, 3.05) is 38.3 Å². The number of carbonyl (C=O) groups is 1. The first-order chi connectivity index (χ1) is 17.8. The van der Waals surface area contributed by atoms with E-state index < -0.39 is 23.3 Å². The molecule has 196 valence electrons. The minimum atomic E-state index is -4.78. The lowest BCUT2D eigenvalue weighted by atomic mass is 10.1. The monoisotopic (exact) mass is 515 g/mol. The number of carbonyl (C=O) groups excluding carboxylic acids is 1. The topological polar surface area (TPSA) is 80.7 Å². The molecule has 0 radical (unpaired) electrons. The Bertz CT molecular complexity index is 1240. The van der Waals surface area contributed by atoms with Crippen LogP contribution in [-0.4, -0.2) is 65.2 Å². The first-order valence-electron chi connectivity index (χ1n) is 12.0. The number of hydrogen-bond acceptors (Lipinski definition) is 7. The van der Waals surface area contributed by atoms with Gasteiger partial charge in [-0.3, -0.25) is 9.78 Å².